The van der Waals surface area contributed by atoms with Gasteiger partial charge in [0.25, 0.3) is 0 Å². The fourth-order valence-electron chi connectivity index (χ4n) is 3.50. The third-order valence-electron chi connectivity index (χ3n) is 5.21. The van der Waals surface area contributed by atoms with Crippen LogP contribution < -0.4 is 0 Å². The number of fused-ring (bicyclic) bond motifs is 1. The second kappa shape index (κ2) is 5.38. The molecule has 0 aliphatic heterocycles. The van der Waals surface area contributed by atoms with E-state index in [2.05, 4.69) is 76.4 Å². The lowest BCUT2D eigenvalue weighted by molar-refractivity contribution is 0.332. The highest BCUT2D eigenvalue weighted by molar-refractivity contribution is 7.10. The summed E-state index contributed by atoms with van der Waals surface area (Å²) in [7, 11) is 0. The average Bonchev–Trinajstić information content (AvgIpc) is 2.96. The first-order chi connectivity index (χ1) is 10.3. The van der Waals surface area contributed by atoms with E-state index in [4.69, 9.17) is 0 Å². The van der Waals surface area contributed by atoms with Crippen molar-refractivity contribution in [3.05, 3.63) is 57.3 Å². The molecule has 0 bridgehead atoms. The fraction of sp³-hybridized carbons (Fsp3) is 0.429. The van der Waals surface area contributed by atoms with E-state index in [9.17, 15) is 0 Å². The minimum Gasteiger partial charge on any atom is -0.144 e. The van der Waals surface area contributed by atoms with E-state index in [-0.39, 0.29) is 5.41 Å². The zero-order valence-corrected chi connectivity index (χ0v) is 15.2. The average molecular weight is 311 g/mol. The smallest absolute Gasteiger partial charge is 0.0273 e. The predicted molar refractivity (Wildman–Crippen MR) is 99.6 cm³/mol. The van der Waals surface area contributed by atoms with Gasteiger partial charge in [-0.05, 0) is 70.4 Å². The minimum absolute atomic E-state index is 0.282. The van der Waals surface area contributed by atoms with Crippen molar-refractivity contribution in [2.75, 3.05) is 0 Å². The summed E-state index contributed by atoms with van der Waals surface area (Å²) in [6, 6.07) is 11.4. The van der Waals surface area contributed by atoms with Crippen molar-refractivity contribution in [2.45, 2.75) is 58.3 Å². The van der Waals surface area contributed by atoms with Gasteiger partial charge in [-0.15, -0.1) is 11.3 Å². The summed E-state index contributed by atoms with van der Waals surface area (Å²) in [5.41, 5.74) is 6.37. The lowest BCUT2D eigenvalue weighted by Gasteiger charge is -2.42. The van der Waals surface area contributed by atoms with Crippen LogP contribution >= 0.6 is 11.3 Å². The highest BCUT2D eigenvalue weighted by Gasteiger charge is 2.36. The van der Waals surface area contributed by atoms with Crippen molar-refractivity contribution in [2.24, 2.45) is 0 Å². The third kappa shape index (κ3) is 2.79. The highest BCUT2D eigenvalue weighted by Crippen LogP contribution is 2.46. The Kier molecular flexibility index (Phi) is 3.81. The van der Waals surface area contributed by atoms with E-state index in [1.54, 1.807) is 16.9 Å². The van der Waals surface area contributed by atoms with Crippen LogP contribution in [-0.4, -0.2) is 0 Å². The quantitative estimate of drug-likeness (QED) is 0.582. The molecular weight excluding hydrogens is 284 g/mol. The second-order valence-electron chi connectivity index (χ2n) is 7.87. The SMILES string of the molecule is CC(=Cc1cccs1)c1ccc2c(c1)C(C)(C)CCC2(C)C. The number of hydrogen-bond donors (Lipinski definition) is 0. The van der Waals surface area contributed by atoms with Crippen molar-refractivity contribution in [3.8, 4) is 0 Å². The molecule has 3 rings (SSSR count). The van der Waals surface area contributed by atoms with Crippen molar-refractivity contribution in [3.63, 3.8) is 0 Å². The van der Waals surface area contributed by atoms with E-state index in [0.717, 1.165) is 0 Å². The molecule has 0 nitrogen and oxygen atoms in total. The highest BCUT2D eigenvalue weighted by atomic mass is 32.1. The van der Waals surface area contributed by atoms with E-state index in [1.165, 1.54) is 34.4 Å². The van der Waals surface area contributed by atoms with Crippen molar-refractivity contribution < 1.29 is 0 Å². The number of hydrogen-bond acceptors (Lipinski definition) is 1. The first-order valence-corrected chi connectivity index (χ1v) is 9.05. The van der Waals surface area contributed by atoms with Gasteiger partial charge in [0, 0.05) is 4.88 Å². The Labute approximate surface area is 138 Å². The van der Waals surface area contributed by atoms with Crippen LogP contribution in [0.15, 0.2) is 35.7 Å². The first-order valence-electron chi connectivity index (χ1n) is 8.17. The molecule has 1 heteroatoms. The van der Waals surface area contributed by atoms with Crippen LogP contribution in [0.2, 0.25) is 0 Å². The molecule has 0 amide bonds. The molecule has 0 radical (unpaired) electrons. The van der Waals surface area contributed by atoms with E-state index >= 15 is 0 Å². The van der Waals surface area contributed by atoms with Crippen LogP contribution in [0.5, 0.6) is 0 Å². The van der Waals surface area contributed by atoms with Gasteiger partial charge < -0.3 is 0 Å². The molecule has 116 valence electrons. The zero-order valence-electron chi connectivity index (χ0n) is 14.4. The van der Waals surface area contributed by atoms with Crippen molar-refractivity contribution in [1.82, 2.24) is 0 Å². The van der Waals surface area contributed by atoms with Gasteiger partial charge >= 0.3 is 0 Å². The molecule has 0 saturated heterocycles. The predicted octanol–water partition coefficient (Wildman–Crippen LogP) is 6.66. The first kappa shape index (κ1) is 15.6. The van der Waals surface area contributed by atoms with E-state index in [1.807, 2.05) is 0 Å². The number of thiophene rings is 1. The monoisotopic (exact) mass is 310 g/mol. The Morgan fingerprint density at radius 1 is 1.00 bits per heavy atom. The molecule has 0 N–H and O–H groups in total. The van der Waals surface area contributed by atoms with Crippen LogP contribution in [-0.2, 0) is 10.8 Å². The van der Waals surface area contributed by atoms with Crippen molar-refractivity contribution in [1.29, 1.82) is 0 Å². The zero-order chi connectivity index (χ0) is 16.0. The third-order valence-corrected chi connectivity index (χ3v) is 6.03. The Morgan fingerprint density at radius 3 is 2.32 bits per heavy atom. The van der Waals surface area contributed by atoms with Gasteiger partial charge in [0.05, 0.1) is 0 Å². The van der Waals surface area contributed by atoms with Gasteiger partial charge in [0.1, 0.15) is 0 Å². The number of allylic oxidation sites excluding steroid dienone is 1. The van der Waals surface area contributed by atoms with Crippen LogP contribution in [0.4, 0.5) is 0 Å². The fourth-order valence-corrected chi connectivity index (χ4v) is 4.22. The Balaban J connectivity index is 2.06. The van der Waals surface area contributed by atoms with Crippen molar-refractivity contribution >= 4 is 23.0 Å². The Hall–Kier alpha value is -1.34. The van der Waals surface area contributed by atoms with Gasteiger partial charge in [-0.3, -0.25) is 0 Å². The summed E-state index contributed by atoms with van der Waals surface area (Å²) in [6.45, 7) is 11.8. The lowest BCUT2D eigenvalue weighted by atomic mass is 9.63. The molecule has 0 fully saturated rings. The Morgan fingerprint density at radius 2 is 1.68 bits per heavy atom. The molecule has 22 heavy (non-hydrogen) atoms. The second-order valence-corrected chi connectivity index (χ2v) is 8.85. The van der Waals surface area contributed by atoms with Gasteiger partial charge in [0.15, 0.2) is 0 Å². The van der Waals surface area contributed by atoms with E-state index < -0.39 is 0 Å². The summed E-state index contributed by atoms with van der Waals surface area (Å²) in [5.74, 6) is 0. The largest absolute Gasteiger partial charge is 0.144 e. The molecule has 0 atom stereocenters. The topological polar surface area (TPSA) is 0 Å². The van der Waals surface area contributed by atoms with Crippen LogP contribution in [0, 0.1) is 0 Å². The number of rotatable bonds is 2. The van der Waals surface area contributed by atoms with Gasteiger partial charge in [0.2, 0.25) is 0 Å². The molecule has 2 aromatic rings. The van der Waals surface area contributed by atoms with Gasteiger partial charge in [-0.25, -0.2) is 0 Å². The molecule has 0 saturated carbocycles. The standard InChI is InChI=1S/C21H26S/c1-15(13-17-7-6-12-22-17)16-8-9-18-19(14-16)21(4,5)11-10-20(18,2)3/h6-9,12-14H,10-11H2,1-5H3. The summed E-state index contributed by atoms with van der Waals surface area (Å²) in [6.07, 6.45) is 4.84. The summed E-state index contributed by atoms with van der Waals surface area (Å²) >= 11 is 1.80. The maximum absolute atomic E-state index is 2.44. The van der Waals surface area contributed by atoms with Crippen LogP contribution in [0.1, 0.15) is 69.0 Å². The maximum Gasteiger partial charge on any atom is 0.0273 e. The molecule has 1 aromatic heterocycles. The molecule has 0 unspecified atom stereocenters. The molecule has 1 aliphatic carbocycles. The van der Waals surface area contributed by atoms with Gasteiger partial charge in [-0.2, -0.15) is 0 Å². The molecule has 1 heterocycles. The summed E-state index contributed by atoms with van der Waals surface area (Å²) < 4.78 is 0. The minimum atomic E-state index is 0.282. The maximum atomic E-state index is 2.44. The van der Waals surface area contributed by atoms with Crippen LogP contribution in [0.3, 0.4) is 0 Å². The molecule has 0 spiro atoms. The lowest BCUT2D eigenvalue weighted by Crippen LogP contribution is -2.33. The van der Waals surface area contributed by atoms with Crippen LogP contribution in [0.25, 0.3) is 11.6 Å². The Bertz CT molecular complexity index is 700. The molecule has 1 aliphatic rings. The summed E-state index contributed by atoms with van der Waals surface area (Å²) in [5, 5.41) is 2.14. The molecular formula is C21H26S. The summed E-state index contributed by atoms with van der Waals surface area (Å²) in [4.78, 5) is 1.33. The van der Waals surface area contributed by atoms with Gasteiger partial charge in [-0.1, -0.05) is 52.0 Å². The van der Waals surface area contributed by atoms with E-state index in [0.29, 0.717) is 5.41 Å². The number of benzene rings is 1. The molecule has 1 aromatic carbocycles. The normalized spacial score (nSPS) is 19.8.